The maximum absolute atomic E-state index is 12.2. The first-order chi connectivity index (χ1) is 9.84. The summed E-state index contributed by atoms with van der Waals surface area (Å²) in [4.78, 5) is 16.4. The number of ether oxygens (including phenoxy) is 1. The normalized spacial score (nSPS) is 33.0. The molecule has 3 unspecified atom stereocenters. The molecule has 1 heterocycles. The Labute approximate surface area is 126 Å². The van der Waals surface area contributed by atoms with E-state index in [0.29, 0.717) is 11.7 Å². The van der Waals surface area contributed by atoms with Gasteiger partial charge in [0.05, 0.1) is 0 Å². The molecule has 0 aliphatic heterocycles. The van der Waals surface area contributed by atoms with Crippen LogP contribution < -0.4 is 5.32 Å². The lowest BCUT2D eigenvalue weighted by Gasteiger charge is -2.38. The minimum Gasteiger partial charge on any atom is -0.445 e. The van der Waals surface area contributed by atoms with Gasteiger partial charge in [-0.15, -0.1) is 0 Å². The molecule has 3 atom stereocenters. The van der Waals surface area contributed by atoms with Crippen molar-refractivity contribution in [3.8, 4) is 0 Å². The van der Waals surface area contributed by atoms with Crippen molar-refractivity contribution in [1.29, 1.82) is 0 Å². The molecule has 114 valence electrons. The van der Waals surface area contributed by atoms with Crippen molar-refractivity contribution in [2.45, 2.75) is 53.1 Å². The van der Waals surface area contributed by atoms with Gasteiger partial charge >= 0.3 is 6.09 Å². The Hall–Kier alpha value is -1.58. The van der Waals surface area contributed by atoms with Gasteiger partial charge in [0.1, 0.15) is 11.9 Å². The number of rotatable bonds is 2. The fraction of sp³-hybridized carbons (Fsp3) is 0.647. The van der Waals surface area contributed by atoms with Crippen molar-refractivity contribution in [1.82, 2.24) is 4.98 Å². The standard InChI is InChI=1S/C17H24N2O2/c1-11-6-5-9-18-14(11)19-15(20)21-13-10-12-7-8-17(13,4)16(12,2)3/h5-6,9,12-13H,7-8,10H2,1-4H3,(H,18,19,20). The molecule has 4 heteroatoms. The molecule has 1 amide bonds. The van der Waals surface area contributed by atoms with Crippen LogP contribution in [0.15, 0.2) is 18.3 Å². The number of aryl methyl sites for hydroxylation is 1. The summed E-state index contributed by atoms with van der Waals surface area (Å²) in [5, 5.41) is 2.77. The van der Waals surface area contributed by atoms with Gasteiger partial charge in [-0.2, -0.15) is 0 Å². The SMILES string of the molecule is Cc1cccnc1NC(=O)OC1CC2CCC1(C)C2(C)C. The van der Waals surface area contributed by atoms with E-state index in [9.17, 15) is 4.79 Å². The van der Waals surface area contributed by atoms with Gasteiger partial charge in [0, 0.05) is 11.6 Å². The van der Waals surface area contributed by atoms with Crippen LogP contribution in [-0.4, -0.2) is 17.2 Å². The zero-order chi connectivity index (χ0) is 15.3. The van der Waals surface area contributed by atoms with Crippen molar-refractivity contribution in [2.24, 2.45) is 16.7 Å². The quantitative estimate of drug-likeness (QED) is 0.889. The smallest absolute Gasteiger partial charge is 0.413 e. The van der Waals surface area contributed by atoms with Crippen LogP contribution in [0.25, 0.3) is 0 Å². The summed E-state index contributed by atoms with van der Waals surface area (Å²) >= 11 is 0. The average molecular weight is 288 g/mol. The molecule has 21 heavy (non-hydrogen) atoms. The highest BCUT2D eigenvalue weighted by Gasteiger charge is 2.62. The second-order valence-corrected chi connectivity index (χ2v) is 7.30. The highest BCUT2D eigenvalue weighted by molar-refractivity contribution is 5.84. The number of anilines is 1. The van der Waals surface area contributed by atoms with Crippen molar-refractivity contribution in [3.05, 3.63) is 23.9 Å². The van der Waals surface area contributed by atoms with E-state index in [1.165, 1.54) is 6.42 Å². The Morgan fingerprint density at radius 3 is 2.76 bits per heavy atom. The summed E-state index contributed by atoms with van der Waals surface area (Å²) in [7, 11) is 0. The highest BCUT2D eigenvalue weighted by Crippen LogP contribution is 2.66. The summed E-state index contributed by atoms with van der Waals surface area (Å²) in [6.45, 7) is 8.82. The predicted molar refractivity (Wildman–Crippen MR) is 82.1 cm³/mol. The predicted octanol–water partition coefficient (Wildman–Crippen LogP) is 4.15. The third-order valence-electron chi connectivity index (χ3n) is 6.19. The van der Waals surface area contributed by atoms with Crippen molar-refractivity contribution in [3.63, 3.8) is 0 Å². The number of carbonyl (C=O) groups excluding carboxylic acids is 1. The molecular formula is C17H24N2O2. The van der Waals surface area contributed by atoms with Crippen LogP contribution in [0.5, 0.6) is 0 Å². The summed E-state index contributed by atoms with van der Waals surface area (Å²) in [6.07, 6.45) is 4.68. The Balaban J connectivity index is 1.68. The average Bonchev–Trinajstić information content (AvgIpc) is 2.74. The number of fused-ring (bicyclic) bond motifs is 2. The Kier molecular flexibility index (Phi) is 3.23. The maximum atomic E-state index is 12.2. The fourth-order valence-corrected chi connectivity index (χ4v) is 4.18. The molecule has 1 aromatic heterocycles. The monoisotopic (exact) mass is 288 g/mol. The van der Waals surface area contributed by atoms with Crippen LogP contribution >= 0.6 is 0 Å². The number of hydrogen-bond acceptors (Lipinski definition) is 3. The van der Waals surface area contributed by atoms with E-state index in [0.717, 1.165) is 18.4 Å². The maximum Gasteiger partial charge on any atom is 0.413 e. The molecule has 2 fully saturated rings. The number of carbonyl (C=O) groups is 1. The van der Waals surface area contributed by atoms with Gasteiger partial charge in [0.25, 0.3) is 0 Å². The van der Waals surface area contributed by atoms with E-state index in [2.05, 4.69) is 31.1 Å². The van der Waals surface area contributed by atoms with E-state index in [1.54, 1.807) is 6.20 Å². The number of nitrogens with one attached hydrogen (secondary N) is 1. The van der Waals surface area contributed by atoms with Gasteiger partial charge in [-0.05, 0) is 49.1 Å². The molecule has 3 rings (SSSR count). The van der Waals surface area contributed by atoms with Crippen LogP contribution in [0.2, 0.25) is 0 Å². The van der Waals surface area contributed by atoms with E-state index in [4.69, 9.17) is 4.74 Å². The number of nitrogens with zero attached hydrogens (tertiary/aromatic N) is 1. The van der Waals surface area contributed by atoms with Crippen LogP contribution in [0, 0.1) is 23.7 Å². The molecule has 2 aliphatic rings. The van der Waals surface area contributed by atoms with Crippen LogP contribution in [0.4, 0.5) is 10.6 Å². The van der Waals surface area contributed by atoms with Crippen LogP contribution in [-0.2, 0) is 4.74 Å². The molecule has 2 aliphatic carbocycles. The molecule has 2 bridgehead atoms. The summed E-state index contributed by atoms with van der Waals surface area (Å²) in [6, 6.07) is 3.77. The van der Waals surface area contributed by atoms with Gasteiger partial charge in [-0.25, -0.2) is 9.78 Å². The fourth-order valence-electron chi connectivity index (χ4n) is 4.18. The Bertz CT molecular complexity index is 570. The zero-order valence-electron chi connectivity index (χ0n) is 13.3. The first kappa shape index (κ1) is 14.4. The zero-order valence-corrected chi connectivity index (χ0v) is 13.3. The molecule has 0 aromatic carbocycles. The van der Waals surface area contributed by atoms with Gasteiger partial charge in [-0.1, -0.05) is 26.8 Å². The van der Waals surface area contributed by atoms with E-state index in [1.807, 2.05) is 19.1 Å². The summed E-state index contributed by atoms with van der Waals surface area (Å²) in [5.74, 6) is 1.24. The Morgan fingerprint density at radius 1 is 1.43 bits per heavy atom. The molecule has 0 radical (unpaired) electrons. The topological polar surface area (TPSA) is 51.2 Å². The molecule has 2 saturated carbocycles. The lowest BCUT2D eigenvalue weighted by atomic mass is 9.70. The molecule has 0 saturated heterocycles. The minimum atomic E-state index is -0.383. The van der Waals surface area contributed by atoms with Crippen molar-refractivity contribution in [2.75, 3.05) is 5.32 Å². The molecule has 0 spiro atoms. The third kappa shape index (κ3) is 2.12. The first-order valence-electron chi connectivity index (χ1n) is 7.74. The van der Waals surface area contributed by atoms with Crippen molar-refractivity contribution >= 4 is 11.9 Å². The van der Waals surface area contributed by atoms with Gasteiger partial charge < -0.3 is 4.74 Å². The third-order valence-corrected chi connectivity index (χ3v) is 6.19. The minimum absolute atomic E-state index is 0.00951. The number of aromatic nitrogens is 1. The number of hydrogen-bond donors (Lipinski definition) is 1. The first-order valence-corrected chi connectivity index (χ1v) is 7.74. The van der Waals surface area contributed by atoms with Crippen LogP contribution in [0.3, 0.4) is 0 Å². The number of pyridine rings is 1. The van der Waals surface area contributed by atoms with Crippen LogP contribution in [0.1, 0.15) is 45.6 Å². The lowest BCUT2D eigenvalue weighted by Crippen LogP contribution is -2.39. The Morgan fingerprint density at radius 2 is 2.19 bits per heavy atom. The van der Waals surface area contributed by atoms with Gasteiger partial charge in [0.2, 0.25) is 0 Å². The number of amides is 1. The van der Waals surface area contributed by atoms with E-state index >= 15 is 0 Å². The van der Waals surface area contributed by atoms with E-state index < -0.39 is 0 Å². The molecule has 1 N–H and O–H groups in total. The lowest BCUT2D eigenvalue weighted by molar-refractivity contribution is 0.00144. The molecule has 4 nitrogen and oxygen atoms in total. The summed E-state index contributed by atoms with van der Waals surface area (Å²) in [5.41, 5.74) is 1.28. The summed E-state index contributed by atoms with van der Waals surface area (Å²) < 4.78 is 5.75. The van der Waals surface area contributed by atoms with Gasteiger partial charge in [0.15, 0.2) is 0 Å². The second-order valence-electron chi connectivity index (χ2n) is 7.30. The largest absolute Gasteiger partial charge is 0.445 e. The van der Waals surface area contributed by atoms with Gasteiger partial charge in [-0.3, -0.25) is 5.32 Å². The second kappa shape index (κ2) is 4.72. The molecular weight excluding hydrogens is 264 g/mol. The van der Waals surface area contributed by atoms with E-state index in [-0.39, 0.29) is 23.0 Å². The molecule has 1 aromatic rings. The highest BCUT2D eigenvalue weighted by atomic mass is 16.6. The van der Waals surface area contributed by atoms with Crippen molar-refractivity contribution < 1.29 is 9.53 Å².